The van der Waals surface area contributed by atoms with E-state index in [-0.39, 0.29) is 5.91 Å². The van der Waals surface area contributed by atoms with Crippen molar-refractivity contribution in [3.63, 3.8) is 0 Å². The molecule has 1 atom stereocenters. The molecule has 0 bridgehead atoms. The maximum atomic E-state index is 12.5. The SMILES string of the molecule is CCC(Oc1ccc(C=O)cc1)C(=O)Nc1c(C)cccc1C. The van der Waals surface area contributed by atoms with Crippen LogP contribution in [0.3, 0.4) is 0 Å². The van der Waals surface area contributed by atoms with Gasteiger partial charge in [0, 0.05) is 11.3 Å². The van der Waals surface area contributed by atoms with E-state index in [4.69, 9.17) is 4.74 Å². The van der Waals surface area contributed by atoms with E-state index in [9.17, 15) is 9.59 Å². The summed E-state index contributed by atoms with van der Waals surface area (Å²) < 4.78 is 5.75. The molecule has 0 spiro atoms. The fourth-order valence-corrected chi connectivity index (χ4v) is 2.33. The summed E-state index contributed by atoms with van der Waals surface area (Å²) in [6, 6.07) is 12.6. The molecule has 1 unspecified atom stereocenters. The average molecular weight is 311 g/mol. The highest BCUT2D eigenvalue weighted by Gasteiger charge is 2.19. The molecule has 1 N–H and O–H groups in total. The first-order chi connectivity index (χ1) is 11.0. The number of para-hydroxylation sites is 1. The van der Waals surface area contributed by atoms with Gasteiger partial charge in [0.05, 0.1) is 0 Å². The lowest BCUT2D eigenvalue weighted by Gasteiger charge is -2.19. The van der Waals surface area contributed by atoms with E-state index in [1.807, 2.05) is 39.0 Å². The number of amides is 1. The summed E-state index contributed by atoms with van der Waals surface area (Å²) in [7, 11) is 0. The number of rotatable bonds is 6. The maximum absolute atomic E-state index is 12.5. The fraction of sp³-hybridized carbons (Fsp3) is 0.263. The topological polar surface area (TPSA) is 55.4 Å². The Morgan fingerprint density at radius 3 is 2.26 bits per heavy atom. The van der Waals surface area contributed by atoms with E-state index in [0.29, 0.717) is 17.7 Å². The molecule has 0 aromatic heterocycles. The van der Waals surface area contributed by atoms with Gasteiger partial charge < -0.3 is 10.1 Å². The zero-order valence-electron chi connectivity index (χ0n) is 13.6. The van der Waals surface area contributed by atoms with Gasteiger partial charge in [-0.05, 0) is 55.7 Å². The van der Waals surface area contributed by atoms with Crippen molar-refractivity contribution in [2.24, 2.45) is 0 Å². The first kappa shape index (κ1) is 16.7. The third kappa shape index (κ3) is 4.19. The van der Waals surface area contributed by atoms with Gasteiger partial charge in [0.25, 0.3) is 5.91 Å². The number of hydrogen-bond donors (Lipinski definition) is 1. The third-order valence-corrected chi connectivity index (χ3v) is 3.69. The molecule has 0 aliphatic heterocycles. The van der Waals surface area contributed by atoms with Gasteiger partial charge >= 0.3 is 0 Å². The lowest BCUT2D eigenvalue weighted by Crippen LogP contribution is -2.32. The molecule has 0 heterocycles. The summed E-state index contributed by atoms with van der Waals surface area (Å²) in [5.74, 6) is 0.392. The van der Waals surface area contributed by atoms with Crippen LogP contribution in [0, 0.1) is 13.8 Å². The van der Waals surface area contributed by atoms with Crippen LogP contribution in [0.15, 0.2) is 42.5 Å². The van der Waals surface area contributed by atoms with Crippen molar-refractivity contribution in [2.75, 3.05) is 5.32 Å². The molecule has 2 rings (SSSR count). The highest BCUT2D eigenvalue weighted by atomic mass is 16.5. The van der Waals surface area contributed by atoms with Gasteiger partial charge in [0.2, 0.25) is 0 Å². The zero-order valence-corrected chi connectivity index (χ0v) is 13.6. The molecule has 2 aromatic carbocycles. The van der Waals surface area contributed by atoms with E-state index in [1.54, 1.807) is 24.3 Å². The number of benzene rings is 2. The molecule has 120 valence electrons. The number of anilines is 1. The highest BCUT2D eigenvalue weighted by Crippen LogP contribution is 2.21. The average Bonchev–Trinajstić information content (AvgIpc) is 2.56. The van der Waals surface area contributed by atoms with Gasteiger partial charge in [0.1, 0.15) is 12.0 Å². The lowest BCUT2D eigenvalue weighted by molar-refractivity contribution is -0.122. The monoisotopic (exact) mass is 311 g/mol. The minimum atomic E-state index is -0.587. The standard InChI is InChI=1S/C19H21NO3/c1-4-17(23-16-10-8-15(12-21)9-11-16)19(22)20-18-13(2)6-5-7-14(18)3/h5-12,17H,4H2,1-3H3,(H,20,22). The van der Waals surface area contributed by atoms with Gasteiger partial charge in [-0.1, -0.05) is 25.1 Å². The fourth-order valence-electron chi connectivity index (χ4n) is 2.33. The first-order valence-electron chi connectivity index (χ1n) is 7.64. The Morgan fingerprint density at radius 2 is 1.74 bits per heavy atom. The summed E-state index contributed by atoms with van der Waals surface area (Å²) in [6.07, 6.45) is 0.733. The van der Waals surface area contributed by atoms with Crippen molar-refractivity contribution in [3.05, 3.63) is 59.2 Å². The Kier molecular flexibility index (Phi) is 5.52. The Bertz CT molecular complexity index is 672. The largest absolute Gasteiger partial charge is 0.481 e. The first-order valence-corrected chi connectivity index (χ1v) is 7.64. The second-order valence-electron chi connectivity index (χ2n) is 5.46. The van der Waals surface area contributed by atoms with Gasteiger partial charge in [0.15, 0.2) is 6.10 Å². The van der Waals surface area contributed by atoms with Crippen molar-refractivity contribution in [1.29, 1.82) is 0 Å². The molecule has 0 fully saturated rings. The quantitative estimate of drug-likeness (QED) is 0.823. The highest BCUT2D eigenvalue weighted by molar-refractivity contribution is 5.95. The molecular weight excluding hydrogens is 290 g/mol. The van der Waals surface area contributed by atoms with Crippen LogP contribution in [0.1, 0.15) is 34.8 Å². The number of aryl methyl sites for hydroxylation is 2. The van der Waals surface area contributed by atoms with Crippen LogP contribution in [0.4, 0.5) is 5.69 Å². The van der Waals surface area contributed by atoms with Crippen molar-refractivity contribution < 1.29 is 14.3 Å². The Balaban J connectivity index is 2.10. The number of carbonyl (C=O) groups excluding carboxylic acids is 2. The van der Waals surface area contributed by atoms with E-state index in [0.717, 1.165) is 23.1 Å². The summed E-state index contributed by atoms with van der Waals surface area (Å²) in [6.45, 7) is 5.82. The number of ether oxygens (including phenoxy) is 1. The van der Waals surface area contributed by atoms with Gasteiger partial charge in [-0.3, -0.25) is 9.59 Å². The van der Waals surface area contributed by atoms with Crippen LogP contribution in [0.5, 0.6) is 5.75 Å². The Hall–Kier alpha value is -2.62. The van der Waals surface area contributed by atoms with Crippen LogP contribution in [0.2, 0.25) is 0 Å². The van der Waals surface area contributed by atoms with E-state index in [1.165, 1.54) is 0 Å². The molecule has 0 aliphatic rings. The van der Waals surface area contributed by atoms with E-state index < -0.39 is 6.10 Å². The van der Waals surface area contributed by atoms with E-state index >= 15 is 0 Å². The molecule has 0 radical (unpaired) electrons. The summed E-state index contributed by atoms with van der Waals surface area (Å²) in [5, 5.41) is 2.95. The molecule has 1 amide bonds. The zero-order chi connectivity index (χ0) is 16.8. The van der Waals surface area contributed by atoms with Crippen molar-refractivity contribution >= 4 is 17.9 Å². The minimum absolute atomic E-state index is 0.177. The van der Waals surface area contributed by atoms with Crippen LogP contribution in [0.25, 0.3) is 0 Å². The van der Waals surface area contributed by atoms with Gasteiger partial charge in [-0.15, -0.1) is 0 Å². The lowest BCUT2D eigenvalue weighted by atomic mass is 10.1. The number of nitrogens with one attached hydrogen (secondary N) is 1. The van der Waals surface area contributed by atoms with Crippen LogP contribution < -0.4 is 10.1 Å². The molecule has 0 aliphatic carbocycles. The number of carbonyl (C=O) groups is 2. The predicted octanol–water partition coefficient (Wildman–Crippen LogP) is 3.91. The van der Waals surface area contributed by atoms with E-state index in [2.05, 4.69) is 5.32 Å². The van der Waals surface area contributed by atoms with Crippen LogP contribution in [-0.4, -0.2) is 18.3 Å². The van der Waals surface area contributed by atoms with Crippen molar-refractivity contribution in [3.8, 4) is 5.75 Å². The van der Waals surface area contributed by atoms with Crippen molar-refractivity contribution in [2.45, 2.75) is 33.3 Å². The summed E-state index contributed by atoms with van der Waals surface area (Å²) in [4.78, 5) is 23.1. The predicted molar refractivity (Wildman–Crippen MR) is 91.1 cm³/mol. The molecule has 4 nitrogen and oxygen atoms in total. The Labute approximate surface area is 136 Å². The molecule has 4 heteroatoms. The third-order valence-electron chi connectivity index (χ3n) is 3.69. The van der Waals surface area contributed by atoms with Gasteiger partial charge in [-0.2, -0.15) is 0 Å². The second-order valence-corrected chi connectivity index (χ2v) is 5.46. The number of hydrogen-bond acceptors (Lipinski definition) is 3. The van der Waals surface area contributed by atoms with Gasteiger partial charge in [-0.25, -0.2) is 0 Å². The smallest absolute Gasteiger partial charge is 0.265 e. The molecule has 2 aromatic rings. The summed E-state index contributed by atoms with van der Waals surface area (Å²) in [5.41, 5.74) is 3.44. The summed E-state index contributed by atoms with van der Waals surface area (Å²) >= 11 is 0. The van der Waals surface area contributed by atoms with Crippen molar-refractivity contribution in [1.82, 2.24) is 0 Å². The normalized spacial score (nSPS) is 11.6. The maximum Gasteiger partial charge on any atom is 0.265 e. The second kappa shape index (κ2) is 7.58. The van der Waals surface area contributed by atoms with Crippen LogP contribution >= 0.6 is 0 Å². The molecular formula is C19H21NO3. The molecule has 23 heavy (non-hydrogen) atoms. The number of aldehydes is 1. The van der Waals surface area contributed by atoms with Crippen LogP contribution in [-0.2, 0) is 4.79 Å². The molecule has 0 saturated carbocycles. The minimum Gasteiger partial charge on any atom is -0.481 e. The molecule has 0 saturated heterocycles. The Morgan fingerprint density at radius 1 is 1.13 bits per heavy atom.